The summed E-state index contributed by atoms with van der Waals surface area (Å²) < 4.78 is 54.5. The van der Waals surface area contributed by atoms with E-state index >= 15 is 0 Å². The Morgan fingerprint density at radius 3 is 2.59 bits per heavy atom. The van der Waals surface area contributed by atoms with E-state index in [1.165, 1.54) is 12.3 Å². The summed E-state index contributed by atoms with van der Waals surface area (Å²) >= 11 is 0. The highest BCUT2D eigenvalue weighted by molar-refractivity contribution is 7.89. The molecule has 1 aromatic rings. The second kappa shape index (κ2) is 4.72. The van der Waals surface area contributed by atoms with Gasteiger partial charge in [0.05, 0.1) is 0 Å². The molecule has 1 aliphatic heterocycles. The van der Waals surface area contributed by atoms with Gasteiger partial charge in [-0.15, -0.1) is 0 Å². The smallest absolute Gasteiger partial charge is 0.272 e. The quantitative estimate of drug-likeness (QED) is 0.873. The fraction of sp³-hybridized carbons (Fsp3) is 0.769. The van der Waals surface area contributed by atoms with E-state index in [1.54, 1.807) is 4.31 Å². The van der Waals surface area contributed by atoms with Gasteiger partial charge >= 0.3 is 0 Å². The molecule has 1 aromatic heterocycles. The van der Waals surface area contributed by atoms with E-state index in [1.807, 2.05) is 0 Å². The molecular formula is C13H18F2N4O2S. The summed E-state index contributed by atoms with van der Waals surface area (Å²) in [5.74, 6) is -2.77. The summed E-state index contributed by atoms with van der Waals surface area (Å²) in [5.41, 5.74) is 0. The maximum atomic E-state index is 13.1. The SMILES string of the molecule is O=S(=O)(c1ccn(C2CC2(F)F)n1)N(C1CC1)C1CCNC1. The van der Waals surface area contributed by atoms with Crippen LogP contribution in [0.5, 0.6) is 0 Å². The first-order valence-corrected chi connectivity index (χ1v) is 9.01. The molecule has 1 N–H and O–H groups in total. The van der Waals surface area contributed by atoms with Gasteiger partial charge < -0.3 is 5.32 Å². The van der Waals surface area contributed by atoms with Crippen molar-refractivity contribution >= 4 is 10.0 Å². The first-order chi connectivity index (χ1) is 10.4. The van der Waals surface area contributed by atoms with Crippen LogP contribution < -0.4 is 5.32 Å². The van der Waals surface area contributed by atoms with Crippen molar-refractivity contribution in [3.63, 3.8) is 0 Å². The van der Waals surface area contributed by atoms with Gasteiger partial charge in [-0.25, -0.2) is 17.2 Å². The molecule has 2 aliphatic carbocycles. The Balaban J connectivity index is 1.62. The number of nitrogens with zero attached hydrogens (tertiary/aromatic N) is 3. The van der Waals surface area contributed by atoms with E-state index in [-0.39, 0.29) is 23.5 Å². The third-order valence-electron chi connectivity index (χ3n) is 4.54. The Morgan fingerprint density at radius 2 is 2.05 bits per heavy atom. The molecule has 3 fully saturated rings. The minimum Gasteiger partial charge on any atom is -0.315 e. The molecule has 6 nitrogen and oxygen atoms in total. The minimum absolute atomic E-state index is 0.0300. The second-order valence-corrected chi connectivity index (χ2v) is 8.12. The third-order valence-corrected chi connectivity index (χ3v) is 6.44. The van der Waals surface area contributed by atoms with Crippen LogP contribution in [0.2, 0.25) is 0 Å². The van der Waals surface area contributed by atoms with Gasteiger partial charge in [-0.05, 0) is 31.9 Å². The average Bonchev–Trinajstić information content (AvgIpc) is 3.20. The number of nitrogens with one attached hydrogen (secondary N) is 1. The monoisotopic (exact) mass is 332 g/mol. The molecule has 0 bridgehead atoms. The molecule has 2 saturated carbocycles. The molecule has 2 heterocycles. The first-order valence-electron chi connectivity index (χ1n) is 7.57. The molecule has 0 amide bonds. The maximum absolute atomic E-state index is 13.1. The van der Waals surface area contributed by atoms with Gasteiger partial charge in [-0.3, -0.25) is 4.68 Å². The fourth-order valence-corrected chi connectivity index (χ4v) is 4.92. The summed E-state index contributed by atoms with van der Waals surface area (Å²) in [7, 11) is -3.73. The van der Waals surface area contributed by atoms with Crippen LogP contribution in [0.1, 0.15) is 31.7 Å². The predicted molar refractivity (Wildman–Crippen MR) is 74.1 cm³/mol. The standard InChI is InChI=1S/C13H18F2N4O2S/c14-13(15)7-11(13)18-6-4-12(17-18)22(20,21)19(9-1-2-9)10-3-5-16-8-10/h4,6,9-11,16H,1-3,5,7-8H2. The van der Waals surface area contributed by atoms with Gasteiger partial charge in [0.1, 0.15) is 6.04 Å². The predicted octanol–water partition coefficient (Wildman–Crippen LogP) is 0.978. The maximum Gasteiger partial charge on any atom is 0.272 e. The van der Waals surface area contributed by atoms with Gasteiger partial charge in [0.15, 0.2) is 5.03 Å². The summed E-state index contributed by atoms with van der Waals surface area (Å²) in [6, 6.07) is 0.299. The largest absolute Gasteiger partial charge is 0.315 e. The molecule has 2 atom stereocenters. The molecule has 4 rings (SSSR count). The Bertz CT molecular complexity index is 680. The van der Waals surface area contributed by atoms with Gasteiger partial charge in [0.25, 0.3) is 15.9 Å². The second-order valence-electron chi connectivity index (χ2n) is 6.33. The van der Waals surface area contributed by atoms with Crippen molar-refractivity contribution in [2.75, 3.05) is 13.1 Å². The van der Waals surface area contributed by atoms with Crippen molar-refractivity contribution in [1.29, 1.82) is 0 Å². The molecule has 122 valence electrons. The van der Waals surface area contributed by atoms with Crippen LogP contribution >= 0.6 is 0 Å². The van der Waals surface area contributed by atoms with E-state index in [0.29, 0.717) is 6.54 Å². The Labute approximate surface area is 127 Å². The summed E-state index contributed by atoms with van der Waals surface area (Å²) in [6.45, 7) is 1.43. The Morgan fingerprint density at radius 1 is 1.32 bits per heavy atom. The summed E-state index contributed by atoms with van der Waals surface area (Å²) in [4.78, 5) is 0. The van der Waals surface area contributed by atoms with E-state index < -0.39 is 22.0 Å². The highest BCUT2D eigenvalue weighted by Gasteiger charge is 2.59. The molecule has 0 spiro atoms. The topological polar surface area (TPSA) is 67.2 Å². The van der Waals surface area contributed by atoms with E-state index in [0.717, 1.165) is 30.5 Å². The van der Waals surface area contributed by atoms with Crippen LogP contribution in [0.25, 0.3) is 0 Å². The van der Waals surface area contributed by atoms with Crippen molar-refractivity contribution < 1.29 is 17.2 Å². The van der Waals surface area contributed by atoms with Gasteiger partial charge in [0.2, 0.25) is 0 Å². The van der Waals surface area contributed by atoms with Crippen molar-refractivity contribution in [3.8, 4) is 0 Å². The zero-order chi connectivity index (χ0) is 15.5. The molecule has 9 heteroatoms. The number of hydrogen-bond donors (Lipinski definition) is 1. The minimum atomic E-state index is -3.73. The van der Waals surface area contributed by atoms with Crippen LogP contribution in [0.4, 0.5) is 8.78 Å². The number of sulfonamides is 1. The van der Waals surface area contributed by atoms with Crippen LogP contribution in [0, 0.1) is 0 Å². The van der Waals surface area contributed by atoms with Gasteiger partial charge in [-0.2, -0.15) is 9.40 Å². The third kappa shape index (κ3) is 2.35. The van der Waals surface area contributed by atoms with Crippen LogP contribution in [-0.4, -0.2) is 53.6 Å². The van der Waals surface area contributed by atoms with Crippen molar-refractivity contribution in [3.05, 3.63) is 12.3 Å². The normalized spacial score (nSPS) is 30.9. The highest BCUT2D eigenvalue weighted by atomic mass is 32.2. The fourth-order valence-electron chi connectivity index (χ4n) is 3.10. The molecule has 2 unspecified atom stereocenters. The van der Waals surface area contributed by atoms with E-state index in [2.05, 4.69) is 10.4 Å². The molecule has 0 radical (unpaired) electrons. The number of aromatic nitrogens is 2. The van der Waals surface area contributed by atoms with Crippen LogP contribution in [0.15, 0.2) is 17.3 Å². The number of rotatable bonds is 5. The van der Waals surface area contributed by atoms with Crippen LogP contribution in [-0.2, 0) is 10.0 Å². The van der Waals surface area contributed by atoms with E-state index in [9.17, 15) is 17.2 Å². The summed E-state index contributed by atoms with van der Waals surface area (Å²) in [5, 5.41) is 6.98. The lowest BCUT2D eigenvalue weighted by Crippen LogP contribution is -2.43. The van der Waals surface area contributed by atoms with Crippen molar-refractivity contribution in [1.82, 2.24) is 19.4 Å². The number of alkyl halides is 2. The average molecular weight is 332 g/mol. The molecule has 1 saturated heterocycles. The lowest BCUT2D eigenvalue weighted by atomic mass is 10.2. The zero-order valence-electron chi connectivity index (χ0n) is 12.0. The number of halogens is 2. The van der Waals surface area contributed by atoms with Crippen LogP contribution in [0.3, 0.4) is 0 Å². The molecule has 22 heavy (non-hydrogen) atoms. The molecule has 0 aromatic carbocycles. The lowest BCUT2D eigenvalue weighted by molar-refractivity contribution is 0.0980. The zero-order valence-corrected chi connectivity index (χ0v) is 12.8. The Hall–Kier alpha value is -1.06. The van der Waals surface area contributed by atoms with Gasteiger partial charge in [0, 0.05) is 31.2 Å². The van der Waals surface area contributed by atoms with Crippen molar-refractivity contribution in [2.24, 2.45) is 0 Å². The van der Waals surface area contributed by atoms with Crippen molar-refractivity contribution in [2.45, 2.75) is 54.8 Å². The highest BCUT2D eigenvalue weighted by Crippen LogP contribution is 2.52. The Kier molecular flexibility index (Phi) is 3.11. The summed E-state index contributed by atoms with van der Waals surface area (Å²) in [6.07, 6.45) is 3.56. The molecule has 3 aliphatic rings. The lowest BCUT2D eigenvalue weighted by Gasteiger charge is -2.26. The van der Waals surface area contributed by atoms with E-state index in [4.69, 9.17) is 0 Å². The first kappa shape index (κ1) is 14.5. The molecular weight excluding hydrogens is 314 g/mol. The number of hydrogen-bond acceptors (Lipinski definition) is 4. The van der Waals surface area contributed by atoms with Gasteiger partial charge in [-0.1, -0.05) is 0 Å².